The summed E-state index contributed by atoms with van der Waals surface area (Å²) in [6.07, 6.45) is 0. The molecule has 0 aliphatic rings. The number of nitrogens with zero attached hydrogens (tertiary/aromatic N) is 1. The molecular weight excluding hydrogens is 282 g/mol. The number of methoxy groups -OCH3 is 1. The monoisotopic (exact) mass is 297 g/mol. The summed E-state index contributed by atoms with van der Waals surface area (Å²) in [4.78, 5) is 0. The highest BCUT2D eigenvalue weighted by atomic mass is 32.2. The van der Waals surface area contributed by atoms with Crippen LogP contribution in [0.15, 0.2) is 28.8 Å². The minimum absolute atomic E-state index is 0.268. The lowest BCUT2D eigenvalue weighted by Crippen LogP contribution is -2.16. The first kappa shape index (κ1) is 14.2. The normalized spacial score (nSPS) is 11.3. The van der Waals surface area contributed by atoms with Crippen LogP contribution in [-0.4, -0.2) is 20.7 Å². The molecule has 0 fully saturated rings. The van der Waals surface area contributed by atoms with Gasteiger partial charge in [0, 0.05) is 12.1 Å². The van der Waals surface area contributed by atoms with Crippen molar-refractivity contribution < 1.29 is 17.7 Å². The van der Waals surface area contributed by atoms with E-state index >= 15 is 0 Å². The molecule has 1 heterocycles. The van der Waals surface area contributed by atoms with Crippen molar-refractivity contribution in [3.05, 3.63) is 35.7 Å². The van der Waals surface area contributed by atoms with Crippen molar-refractivity contribution in [1.82, 2.24) is 5.16 Å². The fourth-order valence-electron chi connectivity index (χ4n) is 1.64. The maximum atomic E-state index is 12.0. The standard InChI is InChI=1S/C12H15N3O4S/c1-8-5-9(14-19-8)7-20(16,17)15-12-6-10(18-2)3-4-11(12)13/h3-6,15H,7,13H2,1-2H3. The third-order valence-corrected chi connectivity index (χ3v) is 3.75. The van der Waals surface area contributed by atoms with Gasteiger partial charge in [0.1, 0.15) is 23.0 Å². The summed E-state index contributed by atoms with van der Waals surface area (Å²) in [5.74, 6) is 0.770. The summed E-state index contributed by atoms with van der Waals surface area (Å²) >= 11 is 0. The number of rotatable bonds is 5. The Labute approximate surface area is 116 Å². The Morgan fingerprint density at radius 2 is 2.15 bits per heavy atom. The van der Waals surface area contributed by atoms with Gasteiger partial charge in [0.05, 0.1) is 18.5 Å². The quantitative estimate of drug-likeness (QED) is 0.810. The van der Waals surface area contributed by atoms with E-state index in [0.29, 0.717) is 22.9 Å². The number of hydrogen-bond donors (Lipinski definition) is 2. The van der Waals surface area contributed by atoms with Crippen LogP contribution >= 0.6 is 0 Å². The van der Waals surface area contributed by atoms with Gasteiger partial charge in [-0.25, -0.2) is 8.42 Å². The van der Waals surface area contributed by atoms with E-state index in [-0.39, 0.29) is 11.4 Å². The van der Waals surface area contributed by atoms with Gasteiger partial charge in [-0.15, -0.1) is 0 Å². The maximum Gasteiger partial charge on any atom is 0.238 e. The second kappa shape index (κ2) is 5.41. The lowest BCUT2D eigenvalue weighted by Gasteiger charge is -2.10. The van der Waals surface area contributed by atoms with E-state index in [0.717, 1.165) is 0 Å². The predicted molar refractivity (Wildman–Crippen MR) is 74.9 cm³/mol. The predicted octanol–water partition coefficient (Wildman–Crippen LogP) is 1.52. The highest BCUT2D eigenvalue weighted by Gasteiger charge is 2.16. The van der Waals surface area contributed by atoms with Crippen LogP contribution in [0.25, 0.3) is 0 Å². The first-order valence-corrected chi connectivity index (χ1v) is 7.41. The summed E-state index contributed by atoms with van der Waals surface area (Å²) in [5, 5.41) is 3.65. The topological polar surface area (TPSA) is 107 Å². The molecule has 0 aliphatic heterocycles. The largest absolute Gasteiger partial charge is 0.497 e. The molecule has 0 saturated carbocycles. The van der Waals surface area contributed by atoms with E-state index in [9.17, 15) is 8.42 Å². The molecule has 0 amide bonds. The van der Waals surface area contributed by atoms with Gasteiger partial charge in [0.15, 0.2) is 0 Å². The van der Waals surface area contributed by atoms with E-state index in [1.165, 1.54) is 13.2 Å². The van der Waals surface area contributed by atoms with E-state index in [1.807, 2.05) is 0 Å². The third kappa shape index (κ3) is 3.41. The fraction of sp³-hybridized carbons (Fsp3) is 0.250. The highest BCUT2D eigenvalue weighted by molar-refractivity contribution is 7.91. The van der Waals surface area contributed by atoms with Gasteiger partial charge in [-0.1, -0.05) is 5.16 Å². The number of aryl methyl sites for hydroxylation is 1. The Hall–Kier alpha value is -2.22. The third-order valence-electron chi connectivity index (χ3n) is 2.54. The number of nitrogens with one attached hydrogen (secondary N) is 1. The van der Waals surface area contributed by atoms with E-state index in [4.69, 9.17) is 15.0 Å². The molecule has 0 bridgehead atoms. The van der Waals surface area contributed by atoms with Gasteiger partial charge < -0.3 is 15.0 Å². The maximum absolute atomic E-state index is 12.0. The van der Waals surface area contributed by atoms with Gasteiger partial charge in [-0.2, -0.15) is 0 Å². The number of nitrogen functional groups attached to an aromatic ring is 1. The molecule has 2 aromatic rings. The average Bonchev–Trinajstić information content (AvgIpc) is 2.76. The Bertz CT molecular complexity index is 709. The summed E-state index contributed by atoms with van der Waals surface area (Å²) in [7, 11) is -2.14. The number of benzene rings is 1. The summed E-state index contributed by atoms with van der Waals surface area (Å²) in [6, 6.07) is 6.29. The van der Waals surface area contributed by atoms with Crippen molar-refractivity contribution >= 4 is 21.4 Å². The van der Waals surface area contributed by atoms with Gasteiger partial charge >= 0.3 is 0 Å². The zero-order chi connectivity index (χ0) is 14.8. The Balaban J connectivity index is 2.19. The van der Waals surface area contributed by atoms with Crippen LogP contribution in [0.1, 0.15) is 11.5 Å². The number of sulfonamides is 1. The zero-order valence-electron chi connectivity index (χ0n) is 11.1. The Morgan fingerprint density at radius 1 is 1.40 bits per heavy atom. The summed E-state index contributed by atoms with van der Waals surface area (Å²) in [5.41, 5.74) is 6.64. The molecule has 20 heavy (non-hydrogen) atoms. The zero-order valence-corrected chi connectivity index (χ0v) is 11.9. The van der Waals surface area contributed by atoms with Gasteiger partial charge in [-0.05, 0) is 19.1 Å². The lowest BCUT2D eigenvalue weighted by atomic mass is 10.2. The summed E-state index contributed by atoms with van der Waals surface area (Å²) < 4.78 is 36.3. The molecule has 0 radical (unpaired) electrons. The molecule has 8 heteroatoms. The number of aromatic nitrogens is 1. The van der Waals surface area contributed by atoms with Crippen LogP contribution in [0, 0.1) is 6.92 Å². The van der Waals surface area contributed by atoms with Crippen LogP contribution in [-0.2, 0) is 15.8 Å². The van der Waals surface area contributed by atoms with Gasteiger partial charge in [-0.3, -0.25) is 4.72 Å². The SMILES string of the molecule is COc1ccc(N)c(NS(=O)(=O)Cc2cc(C)on2)c1. The molecule has 0 saturated heterocycles. The summed E-state index contributed by atoms with van der Waals surface area (Å²) in [6.45, 7) is 1.69. The van der Waals surface area contributed by atoms with Crippen LogP contribution in [0.3, 0.4) is 0 Å². The van der Waals surface area contributed by atoms with Crippen molar-refractivity contribution in [3.8, 4) is 5.75 Å². The average molecular weight is 297 g/mol. The Kier molecular flexibility index (Phi) is 3.84. The van der Waals surface area contributed by atoms with Crippen LogP contribution in [0.2, 0.25) is 0 Å². The van der Waals surface area contributed by atoms with Crippen molar-refractivity contribution in [1.29, 1.82) is 0 Å². The fourth-order valence-corrected chi connectivity index (χ4v) is 2.74. The lowest BCUT2D eigenvalue weighted by molar-refractivity contribution is 0.392. The minimum Gasteiger partial charge on any atom is -0.497 e. The molecule has 0 unspecified atom stereocenters. The Morgan fingerprint density at radius 3 is 2.75 bits per heavy atom. The van der Waals surface area contributed by atoms with Crippen molar-refractivity contribution in [3.63, 3.8) is 0 Å². The molecule has 7 nitrogen and oxygen atoms in total. The first-order valence-electron chi connectivity index (χ1n) is 5.76. The van der Waals surface area contributed by atoms with Crippen LogP contribution in [0.5, 0.6) is 5.75 Å². The van der Waals surface area contributed by atoms with Crippen LogP contribution in [0.4, 0.5) is 11.4 Å². The van der Waals surface area contributed by atoms with Crippen LogP contribution < -0.4 is 15.2 Å². The van der Waals surface area contributed by atoms with Gasteiger partial charge in [0.2, 0.25) is 10.0 Å². The molecule has 1 aromatic carbocycles. The molecule has 3 N–H and O–H groups in total. The molecule has 1 aromatic heterocycles. The first-order chi connectivity index (χ1) is 9.39. The molecule has 0 aliphatic carbocycles. The highest BCUT2D eigenvalue weighted by Crippen LogP contribution is 2.25. The second-order valence-electron chi connectivity index (χ2n) is 4.24. The van der Waals surface area contributed by atoms with E-state index < -0.39 is 10.0 Å². The van der Waals surface area contributed by atoms with E-state index in [1.54, 1.807) is 25.1 Å². The molecular formula is C12H15N3O4S. The number of hydrogen-bond acceptors (Lipinski definition) is 6. The number of ether oxygens (including phenoxy) is 1. The molecule has 0 atom stereocenters. The number of anilines is 2. The van der Waals surface area contributed by atoms with Crippen molar-refractivity contribution in [2.24, 2.45) is 0 Å². The minimum atomic E-state index is -3.63. The van der Waals surface area contributed by atoms with E-state index in [2.05, 4.69) is 9.88 Å². The van der Waals surface area contributed by atoms with Crippen molar-refractivity contribution in [2.75, 3.05) is 17.6 Å². The molecule has 2 rings (SSSR count). The molecule has 108 valence electrons. The number of nitrogens with two attached hydrogens (primary N) is 1. The molecule has 0 spiro atoms. The second-order valence-corrected chi connectivity index (χ2v) is 5.97. The smallest absolute Gasteiger partial charge is 0.238 e. The van der Waals surface area contributed by atoms with Crippen molar-refractivity contribution in [2.45, 2.75) is 12.7 Å². The van der Waals surface area contributed by atoms with Gasteiger partial charge in [0.25, 0.3) is 0 Å².